The SMILES string of the molecule is CN(C(=O)c1cc(S(=O)(=O)N2CCCCC2)ccc1Cl)c1ccccc1. The molecule has 0 aliphatic carbocycles. The third-order valence-corrected chi connectivity index (χ3v) is 6.79. The number of rotatable bonds is 4. The summed E-state index contributed by atoms with van der Waals surface area (Å²) in [7, 11) is -1.98. The first-order chi connectivity index (χ1) is 12.4. The number of carbonyl (C=O) groups is 1. The van der Waals surface area contributed by atoms with Crippen LogP contribution in [0.5, 0.6) is 0 Å². The molecule has 0 radical (unpaired) electrons. The van der Waals surface area contributed by atoms with E-state index in [0.717, 1.165) is 19.3 Å². The van der Waals surface area contributed by atoms with Gasteiger partial charge in [-0.15, -0.1) is 0 Å². The number of halogens is 1. The highest BCUT2D eigenvalue weighted by Gasteiger charge is 2.28. The van der Waals surface area contributed by atoms with Gasteiger partial charge in [0.1, 0.15) is 0 Å². The number of carbonyl (C=O) groups excluding carboxylic acids is 1. The summed E-state index contributed by atoms with van der Waals surface area (Å²) in [6.45, 7) is 1.02. The Morgan fingerprint density at radius 1 is 1.04 bits per heavy atom. The lowest BCUT2D eigenvalue weighted by molar-refractivity contribution is 0.0993. The van der Waals surface area contributed by atoms with Crippen LogP contribution in [0.15, 0.2) is 53.4 Å². The quantitative estimate of drug-likeness (QED) is 0.795. The van der Waals surface area contributed by atoms with Gasteiger partial charge < -0.3 is 4.90 Å². The van der Waals surface area contributed by atoms with E-state index in [1.807, 2.05) is 18.2 Å². The molecule has 1 amide bonds. The zero-order valence-electron chi connectivity index (χ0n) is 14.6. The summed E-state index contributed by atoms with van der Waals surface area (Å²) in [4.78, 5) is 14.4. The Bertz CT molecular complexity index is 894. The monoisotopic (exact) mass is 392 g/mol. The van der Waals surface area contributed by atoms with Crippen molar-refractivity contribution >= 4 is 33.2 Å². The molecule has 0 N–H and O–H groups in total. The smallest absolute Gasteiger partial charge is 0.259 e. The Hall–Kier alpha value is -1.89. The number of piperidine rings is 1. The van der Waals surface area contributed by atoms with Gasteiger partial charge in [-0.1, -0.05) is 36.2 Å². The maximum absolute atomic E-state index is 12.9. The van der Waals surface area contributed by atoms with Gasteiger partial charge in [0.05, 0.1) is 15.5 Å². The van der Waals surface area contributed by atoms with Crippen molar-refractivity contribution in [1.82, 2.24) is 4.31 Å². The second-order valence-corrected chi connectivity index (χ2v) is 8.65. The molecule has 26 heavy (non-hydrogen) atoms. The van der Waals surface area contributed by atoms with Crippen LogP contribution in [0.1, 0.15) is 29.6 Å². The Morgan fingerprint density at radius 3 is 2.35 bits per heavy atom. The van der Waals surface area contributed by atoms with E-state index in [0.29, 0.717) is 18.8 Å². The van der Waals surface area contributed by atoms with Gasteiger partial charge in [0.25, 0.3) is 5.91 Å². The molecule has 2 aromatic rings. The summed E-state index contributed by atoms with van der Waals surface area (Å²) in [6, 6.07) is 13.5. The predicted octanol–water partition coefficient (Wildman–Crippen LogP) is 3.79. The number of amides is 1. The molecule has 1 fully saturated rings. The van der Waals surface area contributed by atoms with Crippen molar-refractivity contribution in [3.8, 4) is 0 Å². The molecule has 1 aliphatic rings. The van der Waals surface area contributed by atoms with Gasteiger partial charge >= 0.3 is 0 Å². The molecule has 7 heteroatoms. The average Bonchev–Trinajstić information content (AvgIpc) is 2.68. The lowest BCUT2D eigenvalue weighted by Gasteiger charge is -2.26. The molecule has 1 saturated heterocycles. The van der Waals surface area contributed by atoms with Crippen molar-refractivity contribution in [3.63, 3.8) is 0 Å². The molecular formula is C19H21ClN2O3S. The summed E-state index contributed by atoms with van der Waals surface area (Å²) >= 11 is 6.20. The van der Waals surface area contributed by atoms with E-state index in [1.165, 1.54) is 27.4 Å². The fourth-order valence-electron chi connectivity index (χ4n) is 3.03. The zero-order chi connectivity index (χ0) is 18.7. The first-order valence-electron chi connectivity index (χ1n) is 8.54. The highest BCUT2D eigenvalue weighted by molar-refractivity contribution is 7.89. The van der Waals surface area contributed by atoms with Crippen LogP contribution in [0, 0.1) is 0 Å². The van der Waals surface area contributed by atoms with Crippen LogP contribution in [0.25, 0.3) is 0 Å². The largest absolute Gasteiger partial charge is 0.311 e. The predicted molar refractivity (Wildman–Crippen MR) is 103 cm³/mol. The van der Waals surface area contributed by atoms with Crippen molar-refractivity contribution in [2.24, 2.45) is 0 Å². The molecule has 0 atom stereocenters. The highest BCUT2D eigenvalue weighted by Crippen LogP contribution is 2.27. The molecule has 0 bridgehead atoms. The minimum absolute atomic E-state index is 0.105. The first-order valence-corrected chi connectivity index (χ1v) is 10.4. The molecule has 1 heterocycles. The average molecular weight is 393 g/mol. The molecule has 138 valence electrons. The maximum Gasteiger partial charge on any atom is 0.259 e. The van der Waals surface area contributed by atoms with Crippen LogP contribution < -0.4 is 4.90 Å². The van der Waals surface area contributed by atoms with E-state index >= 15 is 0 Å². The minimum Gasteiger partial charge on any atom is -0.311 e. The van der Waals surface area contributed by atoms with E-state index in [9.17, 15) is 13.2 Å². The van der Waals surface area contributed by atoms with E-state index in [-0.39, 0.29) is 21.4 Å². The Kier molecular flexibility index (Phi) is 5.65. The fraction of sp³-hybridized carbons (Fsp3) is 0.316. The molecular weight excluding hydrogens is 372 g/mol. The second-order valence-electron chi connectivity index (χ2n) is 6.31. The van der Waals surface area contributed by atoms with Crippen LogP contribution in [0.4, 0.5) is 5.69 Å². The topological polar surface area (TPSA) is 57.7 Å². The number of anilines is 1. The lowest BCUT2D eigenvalue weighted by Crippen LogP contribution is -2.35. The number of nitrogens with zero attached hydrogens (tertiary/aromatic N) is 2. The Balaban J connectivity index is 1.94. The van der Waals surface area contributed by atoms with E-state index in [1.54, 1.807) is 19.2 Å². The summed E-state index contributed by atoms with van der Waals surface area (Å²) < 4.78 is 27.2. The second kappa shape index (κ2) is 7.78. The summed E-state index contributed by atoms with van der Waals surface area (Å²) in [5.74, 6) is -0.350. The van der Waals surface area contributed by atoms with E-state index in [4.69, 9.17) is 11.6 Å². The summed E-state index contributed by atoms with van der Waals surface area (Å²) in [6.07, 6.45) is 2.75. The highest BCUT2D eigenvalue weighted by atomic mass is 35.5. The van der Waals surface area contributed by atoms with E-state index < -0.39 is 10.0 Å². The van der Waals surface area contributed by atoms with Crippen molar-refractivity contribution in [3.05, 3.63) is 59.1 Å². The van der Waals surface area contributed by atoms with Crippen LogP contribution in [-0.2, 0) is 10.0 Å². The number of para-hydroxylation sites is 1. The van der Waals surface area contributed by atoms with Gasteiger partial charge in [0, 0.05) is 25.8 Å². The zero-order valence-corrected chi connectivity index (χ0v) is 16.1. The van der Waals surface area contributed by atoms with Crippen molar-refractivity contribution in [2.45, 2.75) is 24.2 Å². The van der Waals surface area contributed by atoms with Crippen LogP contribution in [-0.4, -0.2) is 38.8 Å². The van der Waals surface area contributed by atoms with Crippen LogP contribution in [0.2, 0.25) is 5.02 Å². The number of hydrogen-bond donors (Lipinski definition) is 0. The van der Waals surface area contributed by atoms with Crippen molar-refractivity contribution in [1.29, 1.82) is 0 Å². The van der Waals surface area contributed by atoms with Crippen molar-refractivity contribution < 1.29 is 13.2 Å². The molecule has 0 spiro atoms. The fourth-order valence-corrected chi connectivity index (χ4v) is 4.77. The molecule has 2 aromatic carbocycles. The lowest BCUT2D eigenvalue weighted by atomic mass is 10.2. The summed E-state index contributed by atoms with van der Waals surface area (Å²) in [5.41, 5.74) is 0.883. The molecule has 0 aromatic heterocycles. The maximum atomic E-state index is 12.9. The number of hydrogen-bond acceptors (Lipinski definition) is 3. The molecule has 3 rings (SSSR count). The normalized spacial score (nSPS) is 15.6. The Morgan fingerprint density at radius 2 is 1.69 bits per heavy atom. The Labute approximate surface area is 159 Å². The van der Waals surface area contributed by atoms with Gasteiger partial charge in [-0.2, -0.15) is 4.31 Å². The van der Waals surface area contributed by atoms with Crippen LogP contribution in [0.3, 0.4) is 0 Å². The van der Waals surface area contributed by atoms with Gasteiger partial charge in [-0.25, -0.2) is 8.42 Å². The first kappa shape index (κ1) is 18.9. The van der Waals surface area contributed by atoms with Crippen molar-refractivity contribution in [2.75, 3.05) is 25.0 Å². The van der Waals surface area contributed by atoms with Gasteiger partial charge in [0.2, 0.25) is 10.0 Å². The number of sulfonamides is 1. The molecule has 5 nitrogen and oxygen atoms in total. The molecule has 1 aliphatic heterocycles. The van der Waals surface area contributed by atoms with E-state index in [2.05, 4.69) is 0 Å². The van der Waals surface area contributed by atoms with Gasteiger partial charge in [-0.05, 0) is 43.2 Å². The standard InChI is InChI=1S/C19H21ClN2O3S/c1-21(15-8-4-2-5-9-15)19(23)17-14-16(10-11-18(17)20)26(24,25)22-12-6-3-7-13-22/h2,4-5,8-11,14H,3,6-7,12-13H2,1H3. The summed E-state index contributed by atoms with van der Waals surface area (Å²) in [5, 5.41) is 0.232. The molecule has 0 unspecified atom stereocenters. The molecule has 0 saturated carbocycles. The van der Waals surface area contributed by atoms with Gasteiger partial charge in [0.15, 0.2) is 0 Å². The third kappa shape index (κ3) is 3.77. The third-order valence-electron chi connectivity index (χ3n) is 4.57. The minimum atomic E-state index is -3.62. The van der Waals surface area contributed by atoms with Crippen LogP contribution >= 0.6 is 11.6 Å². The number of benzene rings is 2. The van der Waals surface area contributed by atoms with Gasteiger partial charge in [-0.3, -0.25) is 4.79 Å².